The molecule has 0 aromatic rings. The van der Waals surface area contributed by atoms with E-state index in [0.717, 1.165) is 19.7 Å². The second-order valence-electron chi connectivity index (χ2n) is 5.42. The summed E-state index contributed by atoms with van der Waals surface area (Å²) in [4.78, 5) is 2.68. The minimum Gasteiger partial charge on any atom is -0.375 e. The van der Waals surface area contributed by atoms with E-state index in [4.69, 9.17) is 4.74 Å². The number of nitrogens with one attached hydrogen (secondary N) is 1. The molecule has 0 spiro atoms. The van der Waals surface area contributed by atoms with Gasteiger partial charge < -0.3 is 10.1 Å². The van der Waals surface area contributed by atoms with Crippen molar-refractivity contribution in [3.8, 4) is 0 Å². The molecular formula is C14H28N2O. The highest BCUT2D eigenvalue weighted by Crippen LogP contribution is 2.28. The maximum atomic E-state index is 5.93. The van der Waals surface area contributed by atoms with E-state index >= 15 is 0 Å². The van der Waals surface area contributed by atoms with Crippen molar-refractivity contribution < 1.29 is 4.74 Å². The quantitative estimate of drug-likeness (QED) is 0.795. The fourth-order valence-corrected chi connectivity index (χ4v) is 3.31. The van der Waals surface area contributed by atoms with Crippen LogP contribution in [0.3, 0.4) is 0 Å². The van der Waals surface area contributed by atoms with Gasteiger partial charge in [-0.15, -0.1) is 0 Å². The highest BCUT2D eigenvalue weighted by atomic mass is 16.5. The van der Waals surface area contributed by atoms with Crippen LogP contribution in [0.25, 0.3) is 0 Å². The van der Waals surface area contributed by atoms with Gasteiger partial charge in [0.05, 0.1) is 12.7 Å². The minimum atomic E-state index is 0.525. The maximum absolute atomic E-state index is 5.93. The molecule has 3 nitrogen and oxygen atoms in total. The first-order chi connectivity index (χ1) is 8.35. The van der Waals surface area contributed by atoms with Crippen LogP contribution in [0.1, 0.15) is 46.0 Å². The van der Waals surface area contributed by atoms with Crippen LogP contribution in [0.5, 0.6) is 0 Å². The number of rotatable bonds is 5. The lowest BCUT2D eigenvalue weighted by atomic mass is 9.90. The van der Waals surface area contributed by atoms with Gasteiger partial charge >= 0.3 is 0 Å². The normalized spacial score (nSPS) is 32.1. The molecule has 0 radical (unpaired) electrons. The number of hydrogen-bond acceptors (Lipinski definition) is 3. The molecule has 0 amide bonds. The summed E-state index contributed by atoms with van der Waals surface area (Å²) in [5, 5.41) is 3.59. The zero-order valence-electron chi connectivity index (χ0n) is 11.5. The number of likely N-dealkylation sites (N-methyl/N-ethyl adjacent to an activating group) is 1. The molecule has 3 atom stereocenters. The molecule has 0 aromatic heterocycles. The monoisotopic (exact) mass is 240 g/mol. The molecule has 1 saturated heterocycles. The third kappa shape index (κ3) is 3.43. The lowest BCUT2D eigenvalue weighted by molar-refractivity contribution is -0.0902. The predicted molar refractivity (Wildman–Crippen MR) is 71.3 cm³/mol. The predicted octanol–water partition coefficient (Wildman–Crippen LogP) is 2.02. The highest BCUT2D eigenvalue weighted by molar-refractivity contribution is 4.88. The second-order valence-corrected chi connectivity index (χ2v) is 5.42. The Hall–Kier alpha value is -0.120. The molecule has 1 N–H and O–H groups in total. The molecule has 2 aliphatic rings. The summed E-state index contributed by atoms with van der Waals surface area (Å²) in [6.07, 6.45) is 7.12. The number of ether oxygens (including phenoxy) is 1. The average Bonchev–Trinajstić information content (AvgIpc) is 2.38. The summed E-state index contributed by atoms with van der Waals surface area (Å²) >= 11 is 0. The summed E-state index contributed by atoms with van der Waals surface area (Å²) in [5.74, 6) is 0. The van der Waals surface area contributed by atoms with Gasteiger partial charge in [0.15, 0.2) is 0 Å². The summed E-state index contributed by atoms with van der Waals surface area (Å²) in [6, 6.07) is 1.35. The van der Waals surface area contributed by atoms with Crippen molar-refractivity contribution in [2.45, 2.75) is 64.1 Å². The van der Waals surface area contributed by atoms with E-state index in [1.54, 1.807) is 0 Å². The van der Waals surface area contributed by atoms with E-state index in [2.05, 4.69) is 24.1 Å². The number of hydrogen-bond donors (Lipinski definition) is 1. The van der Waals surface area contributed by atoms with Crippen LogP contribution in [0, 0.1) is 0 Å². The summed E-state index contributed by atoms with van der Waals surface area (Å²) in [6.45, 7) is 8.83. The number of nitrogens with zero attached hydrogens (tertiary/aromatic N) is 1. The topological polar surface area (TPSA) is 24.5 Å². The Morgan fingerprint density at radius 1 is 1.29 bits per heavy atom. The van der Waals surface area contributed by atoms with Crippen molar-refractivity contribution in [1.29, 1.82) is 0 Å². The van der Waals surface area contributed by atoms with Gasteiger partial charge in [-0.25, -0.2) is 0 Å². The minimum absolute atomic E-state index is 0.525. The molecule has 3 heteroatoms. The Morgan fingerprint density at radius 3 is 2.88 bits per heavy atom. The summed E-state index contributed by atoms with van der Waals surface area (Å²) in [5.41, 5.74) is 0. The van der Waals surface area contributed by atoms with E-state index in [1.807, 2.05) is 0 Å². The van der Waals surface area contributed by atoms with Crippen LogP contribution >= 0.6 is 0 Å². The number of fused-ring (bicyclic) bond motifs is 1. The Morgan fingerprint density at radius 2 is 2.12 bits per heavy atom. The van der Waals surface area contributed by atoms with Gasteiger partial charge in [-0.2, -0.15) is 0 Å². The Bertz CT molecular complexity index is 220. The lowest BCUT2D eigenvalue weighted by Crippen LogP contribution is -2.55. The van der Waals surface area contributed by atoms with Crippen molar-refractivity contribution in [3.05, 3.63) is 0 Å². The fraction of sp³-hybridized carbons (Fsp3) is 1.00. The van der Waals surface area contributed by atoms with Crippen LogP contribution in [0.4, 0.5) is 0 Å². The van der Waals surface area contributed by atoms with Crippen molar-refractivity contribution >= 4 is 0 Å². The molecule has 1 aliphatic heterocycles. The van der Waals surface area contributed by atoms with E-state index in [1.165, 1.54) is 38.6 Å². The third-order valence-electron chi connectivity index (χ3n) is 4.29. The molecule has 2 rings (SSSR count). The molecule has 1 aliphatic carbocycles. The first-order valence-corrected chi connectivity index (χ1v) is 7.44. The molecule has 0 bridgehead atoms. The van der Waals surface area contributed by atoms with Crippen LogP contribution in [-0.2, 0) is 4.74 Å². The third-order valence-corrected chi connectivity index (χ3v) is 4.29. The van der Waals surface area contributed by atoms with Crippen LogP contribution in [0.15, 0.2) is 0 Å². The van der Waals surface area contributed by atoms with Crippen molar-refractivity contribution in [2.24, 2.45) is 0 Å². The second kappa shape index (κ2) is 6.72. The Labute approximate surface area is 106 Å². The van der Waals surface area contributed by atoms with E-state index in [0.29, 0.717) is 18.2 Å². The largest absolute Gasteiger partial charge is 0.375 e. The van der Waals surface area contributed by atoms with Gasteiger partial charge in [-0.3, -0.25) is 4.90 Å². The maximum Gasteiger partial charge on any atom is 0.0730 e. The average molecular weight is 240 g/mol. The first-order valence-electron chi connectivity index (χ1n) is 7.44. The molecule has 1 saturated carbocycles. The van der Waals surface area contributed by atoms with E-state index in [9.17, 15) is 0 Å². The smallest absolute Gasteiger partial charge is 0.0730 e. The Kier molecular flexibility index (Phi) is 5.26. The fourth-order valence-electron chi connectivity index (χ4n) is 3.31. The van der Waals surface area contributed by atoms with E-state index < -0.39 is 0 Å². The van der Waals surface area contributed by atoms with Crippen LogP contribution < -0.4 is 5.32 Å². The van der Waals surface area contributed by atoms with Gasteiger partial charge in [0.2, 0.25) is 0 Å². The summed E-state index contributed by atoms with van der Waals surface area (Å²) < 4.78 is 5.93. The molecule has 1 heterocycles. The SMILES string of the molecule is CCNC(CC)CN1CCOC2CCCCC21. The summed E-state index contributed by atoms with van der Waals surface area (Å²) in [7, 11) is 0. The molecule has 100 valence electrons. The van der Waals surface area contributed by atoms with E-state index in [-0.39, 0.29) is 0 Å². The zero-order valence-corrected chi connectivity index (χ0v) is 11.5. The first kappa shape index (κ1) is 13.3. The van der Waals surface area contributed by atoms with Crippen molar-refractivity contribution in [2.75, 3.05) is 26.2 Å². The molecular weight excluding hydrogens is 212 g/mol. The van der Waals surface area contributed by atoms with Gasteiger partial charge in [-0.1, -0.05) is 26.7 Å². The van der Waals surface area contributed by atoms with Gasteiger partial charge in [0.25, 0.3) is 0 Å². The molecule has 17 heavy (non-hydrogen) atoms. The van der Waals surface area contributed by atoms with Gasteiger partial charge in [0.1, 0.15) is 0 Å². The van der Waals surface area contributed by atoms with Crippen LogP contribution in [-0.4, -0.2) is 49.3 Å². The van der Waals surface area contributed by atoms with Crippen LogP contribution in [0.2, 0.25) is 0 Å². The van der Waals surface area contributed by atoms with Gasteiger partial charge in [-0.05, 0) is 25.8 Å². The van der Waals surface area contributed by atoms with Crippen molar-refractivity contribution in [1.82, 2.24) is 10.2 Å². The molecule has 2 fully saturated rings. The number of morpholine rings is 1. The highest BCUT2D eigenvalue weighted by Gasteiger charge is 2.34. The zero-order chi connectivity index (χ0) is 12.1. The molecule has 3 unspecified atom stereocenters. The lowest BCUT2D eigenvalue weighted by Gasteiger charge is -2.45. The van der Waals surface area contributed by atoms with Crippen molar-refractivity contribution in [3.63, 3.8) is 0 Å². The standard InChI is InChI=1S/C14H28N2O/c1-3-12(15-4-2)11-16-9-10-17-14-8-6-5-7-13(14)16/h12-15H,3-11H2,1-2H3. The Balaban J connectivity index is 1.89. The molecule has 0 aromatic carbocycles. The van der Waals surface area contributed by atoms with Gasteiger partial charge in [0, 0.05) is 25.2 Å².